The van der Waals surface area contributed by atoms with Gasteiger partial charge in [0.05, 0.1) is 0 Å². The second-order valence-electron chi connectivity index (χ2n) is 5.63. The third-order valence-electron chi connectivity index (χ3n) is 4.00. The van der Waals surface area contributed by atoms with Gasteiger partial charge in [-0.15, -0.1) is 0 Å². The summed E-state index contributed by atoms with van der Waals surface area (Å²) in [6, 6.07) is 17.5. The molecule has 0 spiro atoms. The second kappa shape index (κ2) is 6.53. The number of hydrogen-bond donors (Lipinski definition) is 2. The fraction of sp³-hybridized carbons (Fsp3) is 0.150. The molecule has 1 heterocycles. The normalized spacial score (nSPS) is 10.7. The van der Waals surface area contributed by atoms with Crippen LogP contribution < -0.4 is 4.57 Å². The van der Waals surface area contributed by atoms with Crippen LogP contribution in [0.25, 0.3) is 11.1 Å². The molecule has 0 saturated heterocycles. The van der Waals surface area contributed by atoms with E-state index >= 15 is 0 Å². The van der Waals surface area contributed by atoms with Crippen LogP contribution in [0.2, 0.25) is 0 Å². The quantitative estimate of drug-likeness (QED) is 0.570. The van der Waals surface area contributed by atoms with Gasteiger partial charge in [-0.25, -0.2) is 4.57 Å². The molecule has 0 bridgehead atoms. The fourth-order valence-corrected chi connectivity index (χ4v) is 2.55. The number of aryl methyl sites for hydroxylation is 1. The number of phenolic OH excluding ortho intramolecular Hbond substituents is 2. The largest absolute Gasteiger partial charge is 0.504 e. The summed E-state index contributed by atoms with van der Waals surface area (Å²) in [5, 5.41) is 19.0. The lowest BCUT2D eigenvalue weighted by Crippen LogP contribution is -2.32. The summed E-state index contributed by atoms with van der Waals surface area (Å²) in [5.41, 5.74) is 4.49. The molecule has 0 amide bonds. The first kappa shape index (κ1) is 15.1. The zero-order valence-electron chi connectivity index (χ0n) is 13.1. The van der Waals surface area contributed by atoms with E-state index in [9.17, 15) is 10.2 Å². The summed E-state index contributed by atoms with van der Waals surface area (Å²) < 4.78 is 2.12. The van der Waals surface area contributed by atoms with Crippen LogP contribution in [-0.2, 0) is 13.0 Å². The molecular weight excluding hydrogens is 286 g/mol. The van der Waals surface area contributed by atoms with Crippen molar-refractivity contribution in [2.75, 3.05) is 0 Å². The van der Waals surface area contributed by atoms with Gasteiger partial charge in [0, 0.05) is 17.7 Å². The molecule has 0 radical (unpaired) electrons. The number of aromatic nitrogens is 1. The van der Waals surface area contributed by atoms with E-state index in [1.165, 1.54) is 17.2 Å². The molecule has 0 atom stereocenters. The molecule has 2 aromatic carbocycles. The van der Waals surface area contributed by atoms with Crippen LogP contribution in [0.5, 0.6) is 11.5 Å². The summed E-state index contributed by atoms with van der Waals surface area (Å²) in [4.78, 5) is 0. The SMILES string of the molecule is CCc1ccc(C[n+]2ccc(-c3ccc(O)c(O)c3)cc2)cc1. The van der Waals surface area contributed by atoms with Crippen molar-refractivity contribution in [3.05, 3.63) is 78.1 Å². The van der Waals surface area contributed by atoms with E-state index in [0.717, 1.165) is 24.1 Å². The van der Waals surface area contributed by atoms with Gasteiger partial charge in [-0.3, -0.25) is 0 Å². The van der Waals surface area contributed by atoms with Crippen molar-refractivity contribution < 1.29 is 14.8 Å². The minimum absolute atomic E-state index is 0.102. The molecule has 0 aliphatic rings. The number of benzene rings is 2. The number of rotatable bonds is 4. The van der Waals surface area contributed by atoms with Gasteiger partial charge in [0.1, 0.15) is 0 Å². The number of pyridine rings is 1. The van der Waals surface area contributed by atoms with Crippen molar-refractivity contribution >= 4 is 0 Å². The molecule has 3 rings (SSSR count). The van der Waals surface area contributed by atoms with Gasteiger partial charge >= 0.3 is 0 Å². The number of hydrogen-bond acceptors (Lipinski definition) is 2. The Morgan fingerprint density at radius 3 is 2.00 bits per heavy atom. The lowest BCUT2D eigenvalue weighted by molar-refractivity contribution is -0.688. The van der Waals surface area contributed by atoms with Crippen LogP contribution in [0, 0.1) is 0 Å². The van der Waals surface area contributed by atoms with Gasteiger partial charge < -0.3 is 10.2 Å². The predicted molar refractivity (Wildman–Crippen MR) is 90.3 cm³/mol. The first-order valence-electron chi connectivity index (χ1n) is 7.75. The number of nitrogens with zero attached hydrogens (tertiary/aromatic N) is 1. The number of phenols is 2. The van der Waals surface area contributed by atoms with Crippen LogP contribution in [0.3, 0.4) is 0 Å². The molecular formula is C20H20NO2+. The highest BCUT2D eigenvalue weighted by Gasteiger charge is 2.06. The molecule has 23 heavy (non-hydrogen) atoms. The average Bonchev–Trinajstić information content (AvgIpc) is 2.59. The minimum atomic E-state index is -0.102. The first-order valence-corrected chi connectivity index (χ1v) is 7.75. The topological polar surface area (TPSA) is 44.3 Å². The van der Waals surface area contributed by atoms with E-state index in [1.807, 2.05) is 24.5 Å². The Bertz CT molecular complexity index is 793. The maximum absolute atomic E-state index is 9.60. The molecule has 2 N–H and O–H groups in total. The van der Waals surface area contributed by atoms with Crippen molar-refractivity contribution in [2.45, 2.75) is 19.9 Å². The predicted octanol–water partition coefficient (Wildman–Crippen LogP) is 3.66. The summed E-state index contributed by atoms with van der Waals surface area (Å²) in [5.74, 6) is -0.203. The van der Waals surface area contributed by atoms with E-state index in [2.05, 4.69) is 35.8 Å². The maximum atomic E-state index is 9.60. The summed E-state index contributed by atoms with van der Waals surface area (Å²) in [6.07, 6.45) is 5.10. The summed E-state index contributed by atoms with van der Waals surface area (Å²) in [7, 11) is 0. The van der Waals surface area contributed by atoms with Gasteiger partial charge in [0.25, 0.3) is 0 Å². The number of aromatic hydroxyl groups is 2. The molecule has 1 aromatic heterocycles. The average molecular weight is 306 g/mol. The molecule has 3 nitrogen and oxygen atoms in total. The Hall–Kier alpha value is -2.81. The summed E-state index contributed by atoms with van der Waals surface area (Å²) in [6.45, 7) is 2.98. The fourth-order valence-electron chi connectivity index (χ4n) is 2.55. The van der Waals surface area contributed by atoms with E-state index < -0.39 is 0 Å². The zero-order valence-corrected chi connectivity index (χ0v) is 13.1. The highest BCUT2D eigenvalue weighted by Crippen LogP contribution is 2.29. The van der Waals surface area contributed by atoms with Crippen LogP contribution >= 0.6 is 0 Å². The van der Waals surface area contributed by atoms with Crippen LogP contribution in [0.1, 0.15) is 18.1 Å². The Morgan fingerprint density at radius 1 is 0.739 bits per heavy atom. The van der Waals surface area contributed by atoms with Crippen molar-refractivity contribution in [3.8, 4) is 22.6 Å². The Morgan fingerprint density at radius 2 is 1.39 bits per heavy atom. The standard InChI is InChI=1S/C20H19NO2/c1-2-15-3-5-16(6-4-15)14-21-11-9-17(10-12-21)18-7-8-19(22)20(23)13-18/h3-13,23H,2,14H2,1H3/p+1. The van der Waals surface area contributed by atoms with Crippen molar-refractivity contribution in [2.24, 2.45) is 0 Å². The van der Waals surface area contributed by atoms with Gasteiger partial charge in [0.2, 0.25) is 0 Å². The first-order chi connectivity index (χ1) is 11.2. The molecule has 0 saturated carbocycles. The molecule has 116 valence electrons. The highest BCUT2D eigenvalue weighted by molar-refractivity contribution is 5.65. The van der Waals surface area contributed by atoms with E-state index in [0.29, 0.717) is 0 Å². The van der Waals surface area contributed by atoms with Crippen molar-refractivity contribution in [3.63, 3.8) is 0 Å². The molecule has 0 fully saturated rings. The lowest BCUT2D eigenvalue weighted by Gasteiger charge is -2.04. The molecule has 0 unspecified atom stereocenters. The Balaban J connectivity index is 1.77. The minimum Gasteiger partial charge on any atom is -0.504 e. The Kier molecular flexibility index (Phi) is 4.29. The van der Waals surface area contributed by atoms with Crippen LogP contribution in [0.4, 0.5) is 0 Å². The van der Waals surface area contributed by atoms with Crippen molar-refractivity contribution in [1.29, 1.82) is 0 Å². The maximum Gasteiger partial charge on any atom is 0.173 e. The van der Waals surface area contributed by atoms with Gasteiger partial charge in [0.15, 0.2) is 30.4 Å². The van der Waals surface area contributed by atoms with Crippen LogP contribution in [-0.4, -0.2) is 10.2 Å². The molecule has 0 aliphatic heterocycles. The van der Waals surface area contributed by atoms with E-state index in [-0.39, 0.29) is 11.5 Å². The molecule has 3 aromatic rings. The summed E-state index contributed by atoms with van der Waals surface area (Å²) >= 11 is 0. The van der Waals surface area contributed by atoms with Gasteiger partial charge in [-0.2, -0.15) is 0 Å². The monoisotopic (exact) mass is 306 g/mol. The van der Waals surface area contributed by atoms with Gasteiger partial charge in [-0.05, 0) is 35.2 Å². The second-order valence-corrected chi connectivity index (χ2v) is 5.63. The lowest BCUT2D eigenvalue weighted by atomic mass is 10.1. The van der Waals surface area contributed by atoms with E-state index in [4.69, 9.17) is 0 Å². The molecule has 3 heteroatoms. The van der Waals surface area contributed by atoms with Gasteiger partial charge in [-0.1, -0.05) is 37.3 Å². The van der Waals surface area contributed by atoms with E-state index in [1.54, 1.807) is 12.1 Å². The third-order valence-corrected chi connectivity index (χ3v) is 4.00. The molecule has 0 aliphatic carbocycles. The Labute approximate surface area is 136 Å². The van der Waals surface area contributed by atoms with Crippen molar-refractivity contribution in [1.82, 2.24) is 0 Å². The zero-order chi connectivity index (χ0) is 16.2. The highest BCUT2D eigenvalue weighted by atomic mass is 16.3. The third kappa shape index (κ3) is 3.51. The smallest absolute Gasteiger partial charge is 0.173 e. The van der Waals surface area contributed by atoms with Crippen LogP contribution in [0.15, 0.2) is 67.0 Å².